The van der Waals surface area contributed by atoms with Crippen molar-refractivity contribution in [3.05, 3.63) is 35.4 Å². The standard InChI is InChI=1S/C14H16N2O3/c1-9(2)12(14(18)19)16-13(17)11-5-3-4-10(8-11)6-7-15/h3-5,8-9,12H,6H2,1-2H3,(H,16,17)(H,18,19)/t12-/m1/s1. The summed E-state index contributed by atoms with van der Waals surface area (Å²) in [5.74, 6) is -1.71. The Morgan fingerprint density at radius 3 is 2.63 bits per heavy atom. The summed E-state index contributed by atoms with van der Waals surface area (Å²) in [5.41, 5.74) is 1.09. The van der Waals surface area contributed by atoms with Crippen LogP contribution in [-0.2, 0) is 11.2 Å². The zero-order chi connectivity index (χ0) is 14.4. The van der Waals surface area contributed by atoms with E-state index in [4.69, 9.17) is 10.4 Å². The van der Waals surface area contributed by atoms with E-state index in [0.717, 1.165) is 5.56 Å². The normalized spacial score (nSPS) is 11.7. The van der Waals surface area contributed by atoms with Crippen LogP contribution in [0.3, 0.4) is 0 Å². The van der Waals surface area contributed by atoms with Crippen LogP contribution in [0, 0.1) is 17.2 Å². The first kappa shape index (κ1) is 14.7. The lowest BCUT2D eigenvalue weighted by atomic mass is 10.0. The summed E-state index contributed by atoms with van der Waals surface area (Å²) in [7, 11) is 0. The van der Waals surface area contributed by atoms with Crippen LogP contribution in [-0.4, -0.2) is 23.0 Å². The highest BCUT2D eigenvalue weighted by atomic mass is 16.4. The van der Waals surface area contributed by atoms with Crippen molar-refractivity contribution < 1.29 is 14.7 Å². The summed E-state index contributed by atoms with van der Waals surface area (Å²) in [6.07, 6.45) is 0.216. The van der Waals surface area contributed by atoms with Crippen LogP contribution in [0.15, 0.2) is 24.3 Å². The Labute approximate surface area is 111 Å². The molecule has 0 unspecified atom stereocenters. The molecule has 1 aromatic carbocycles. The quantitative estimate of drug-likeness (QED) is 0.841. The summed E-state index contributed by atoms with van der Waals surface area (Å²) in [6, 6.07) is 7.69. The number of nitrogens with zero attached hydrogens (tertiary/aromatic N) is 1. The number of benzene rings is 1. The molecule has 1 amide bonds. The second-order valence-corrected chi connectivity index (χ2v) is 4.57. The van der Waals surface area contributed by atoms with Gasteiger partial charge in [-0.2, -0.15) is 5.26 Å². The largest absolute Gasteiger partial charge is 0.480 e. The van der Waals surface area contributed by atoms with Gasteiger partial charge in [0.15, 0.2) is 0 Å². The number of carbonyl (C=O) groups excluding carboxylic acids is 1. The molecule has 1 atom stereocenters. The van der Waals surface area contributed by atoms with Gasteiger partial charge in [-0.25, -0.2) is 4.79 Å². The van der Waals surface area contributed by atoms with Crippen LogP contribution in [0.4, 0.5) is 0 Å². The van der Waals surface area contributed by atoms with E-state index in [1.807, 2.05) is 6.07 Å². The first-order valence-corrected chi connectivity index (χ1v) is 5.95. The number of hydrogen-bond acceptors (Lipinski definition) is 3. The predicted octanol–water partition coefficient (Wildman–Crippen LogP) is 1.59. The molecular weight excluding hydrogens is 244 g/mol. The van der Waals surface area contributed by atoms with E-state index >= 15 is 0 Å². The smallest absolute Gasteiger partial charge is 0.326 e. The topological polar surface area (TPSA) is 90.2 Å². The number of hydrogen-bond donors (Lipinski definition) is 2. The minimum atomic E-state index is -1.06. The van der Waals surface area contributed by atoms with Crippen molar-refractivity contribution >= 4 is 11.9 Å². The van der Waals surface area contributed by atoms with E-state index in [2.05, 4.69) is 5.32 Å². The molecule has 0 aliphatic carbocycles. The van der Waals surface area contributed by atoms with Gasteiger partial charge in [-0.15, -0.1) is 0 Å². The molecule has 2 N–H and O–H groups in total. The monoisotopic (exact) mass is 260 g/mol. The Morgan fingerprint density at radius 1 is 1.42 bits per heavy atom. The van der Waals surface area contributed by atoms with Crippen LogP contribution in [0.1, 0.15) is 29.8 Å². The molecule has 5 nitrogen and oxygen atoms in total. The third-order valence-corrected chi connectivity index (χ3v) is 2.69. The maximum atomic E-state index is 12.0. The molecule has 0 fully saturated rings. The number of nitrogens with one attached hydrogen (secondary N) is 1. The third kappa shape index (κ3) is 4.11. The van der Waals surface area contributed by atoms with Crippen LogP contribution in [0.5, 0.6) is 0 Å². The highest BCUT2D eigenvalue weighted by Crippen LogP contribution is 2.08. The highest BCUT2D eigenvalue weighted by Gasteiger charge is 2.23. The molecule has 0 aliphatic heterocycles. The molecule has 0 radical (unpaired) electrons. The van der Waals surface area contributed by atoms with Crippen molar-refractivity contribution in [1.82, 2.24) is 5.32 Å². The van der Waals surface area contributed by atoms with Crippen LogP contribution < -0.4 is 5.32 Å². The number of carboxylic acids is 1. The highest BCUT2D eigenvalue weighted by molar-refractivity contribution is 5.96. The van der Waals surface area contributed by atoms with Gasteiger partial charge in [0.25, 0.3) is 5.91 Å². The number of carbonyl (C=O) groups is 2. The van der Waals surface area contributed by atoms with E-state index in [1.165, 1.54) is 0 Å². The average Bonchev–Trinajstić information content (AvgIpc) is 2.35. The Kier molecular flexibility index (Phi) is 5.07. The minimum Gasteiger partial charge on any atom is -0.480 e. The Morgan fingerprint density at radius 2 is 2.11 bits per heavy atom. The number of amides is 1. The first-order chi connectivity index (χ1) is 8.95. The molecule has 1 aromatic rings. The summed E-state index contributed by atoms with van der Waals surface area (Å²) in [6.45, 7) is 3.45. The molecule has 0 saturated heterocycles. The van der Waals surface area contributed by atoms with Gasteiger partial charge in [0.2, 0.25) is 0 Å². The van der Waals surface area contributed by atoms with Crippen molar-refractivity contribution in [2.75, 3.05) is 0 Å². The Balaban J connectivity index is 2.86. The number of aliphatic carboxylic acids is 1. The summed E-state index contributed by atoms with van der Waals surface area (Å²) < 4.78 is 0. The van der Waals surface area contributed by atoms with Gasteiger partial charge in [-0.05, 0) is 23.6 Å². The molecule has 0 aliphatic rings. The minimum absolute atomic E-state index is 0.205. The lowest BCUT2D eigenvalue weighted by Crippen LogP contribution is -2.44. The lowest BCUT2D eigenvalue weighted by Gasteiger charge is -2.18. The second kappa shape index (κ2) is 6.55. The third-order valence-electron chi connectivity index (χ3n) is 2.69. The van der Waals surface area contributed by atoms with Gasteiger partial charge in [-0.1, -0.05) is 26.0 Å². The van der Waals surface area contributed by atoms with Gasteiger partial charge in [0.05, 0.1) is 12.5 Å². The first-order valence-electron chi connectivity index (χ1n) is 5.95. The Bertz CT molecular complexity index is 518. The van der Waals surface area contributed by atoms with Gasteiger partial charge in [-0.3, -0.25) is 4.79 Å². The molecular formula is C14H16N2O3. The van der Waals surface area contributed by atoms with Gasteiger partial charge >= 0.3 is 5.97 Å². The maximum Gasteiger partial charge on any atom is 0.326 e. The van der Waals surface area contributed by atoms with Crippen LogP contribution in [0.2, 0.25) is 0 Å². The van der Waals surface area contributed by atoms with Crippen LogP contribution in [0.25, 0.3) is 0 Å². The molecule has 0 aromatic heterocycles. The molecule has 19 heavy (non-hydrogen) atoms. The van der Waals surface area contributed by atoms with Crippen LogP contribution >= 0.6 is 0 Å². The van der Waals surface area contributed by atoms with Crippen molar-refractivity contribution in [1.29, 1.82) is 5.26 Å². The molecule has 0 spiro atoms. The van der Waals surface area contributed by atoms with Crippen molar-refractivity contribution in [2.24, 2.45) is 5.92 Å². The molecule has 5 heteroatoms. The lowest BCUT2D eigenvalue weighted by molar-refractivity contribution is -0.140. The van der Waals surface area contributed by atoms with E-state index in [9.17, 15) is 9.59 Å². The molecule has 100 valence electrons. The zero-order valence-corrected chi connectivity index (χ0v) is 10.9. The van der Waals surface area contributed by atoms with Gasteiger partial charge in [0.1, 0.15) is 6.04 Å². The fraction of sp³-hybridized carbons (Fsp3) is 0.357. The summed E-state index contributed by atoms with van der Waals surface area (Å²) in [4.78, 5) is 23.0. The van der Waals surface area contributed by atoms with E-state index < -0.39 is 17.9 Å². The molecule has 1 rings (SSSR count). The van der Waals surface area contributed by atoms with Gasteiger partial charge < -0.3 is 10.4 Å². The fourth-order valence-electron chi connectivity index (χ4n) is 1.65. The van der Waals surface area contributed by atoms with E-state index in [0.29, 0.717) is 5.56 Å². The predicted molar refractivity (Wildman–Crippen MR) is 69.5 cm³/mol. The van der Waals surface area contributed by atoms with Gasteiger partial charge in [0, 0.05) is 5.56 Å². The summed E-state index contributed by atoms with van der Waals surface area (Å²) in [5, 5.41) is 20.1. The van der Waals surface area contributed by atoms with Crippen molar-refractivity contribution in [3.63, 3.8) is 0 Å². The maximum absolute atomic E-state index is 12.0. The number of rotatable bonds is 5. The van der Waals surface area contributed by atoms with Crippen molar-refractivity contribution in [2.45, 2.75) is 26.3 Å². The molecule has 0 saturated carbocycles. The fourth-order valence-corrected chi connectivity index (χ4v) is 1.65. The molecule has 0 bridgehead atoms. The number of carboxylic acid groups (broad SMARTS) is 1. The SMILES string of the molecule is CC(C)[C@@H](NC(=O)c1cccc(CC#N)c1)C(=O)O. The Hall–Kier alpha value is -2.35. The second-order valence-electron chi connectivity index (χ2n) is 4.57. The molecule has 0 heterocycles. The van der Waals surface area contributed by atoms with E-state index in [1.54, 1.807) is 38.1 Å². The zero-order valence-electron chi connectivity index (χ0n) is 10.9. The van der Waals surface area contributed by atoms with E-state index in [-0.39, 0.29) is 12.3 Å². The number of nitriles is 1. The van der Waals surface area contributed by atoms with Crippen molar-refractivity contribution in [3.8, 4) is 6.07 Å². The summed E-state index contributed by atoms with van der Waals surface area (Å²) >= 11 is 0. The average molecular weight is 260 g/mol.